The number of carbonyl (C=O) groups is 2. The second-order valence-electron chi connectivity index (χ2n) is 4.92. The zero-order valence-corrected chi connectivity index (χ0v) is 12.8. The Bertz CT molecular complexity index is 662. The number of amides is 1. The molecule has 0 spiro atoms. The standard InChI is InChI=1S/C15H16N2O3S/c1-9(15(19)20)10-4-6-11(7-5-10)13-16-12(8-21-13)14(18)17(2)3/h4-9H,1-3H3,(H,19,20). The summed E-state index contributed by atoms with van der Waals surface area (Å²) in [6.07, 6.45) is 0. The van der Waals surface area contributed by atoms with E-state index in [1.54, 1.807) is 38.5 Å². The Balaban J connectivity index is 2.23. The number of aromatic nitrogens is 1. The van der Waals surface area contributed by atoms with Gasteiger partial charge in [0, 0.05) is 25.0 Å². The van der Waals surface area contributed by atoms with Crippen LogP contribution in [0.1, 0.15) is 28.9 Å². The molecule has 2 aromatic rings. The van der Waals surface area contributed by atoms with Gasteiger partial charge in [-0.1, -0.05) is 24.3 Å². The van der Waals surface area contributed by atoms with E-state index in [0.717, 1.165) is 16.1 Å². The second-order valence-corrected chi connectivity index (χ2v) is 5.78. The van der Waals surface area contributed by atoms with Crippen LogP contribution in [0.2, 0.25) is 0 Å². The lowest BCUT2D eigenvalue weighted by atomic mass is 10.0. The van der Waals surface area contributed by atoms with Gasteiger partial charge in [0.2, 0.25) is 0 Å². The fourth-order valence-corrected chi connectivity index (χ4v) is 2.59. The third-order valence-corrected chi connectivity index (χ3v) is 4.05. The van der Waals surface area contributed by atoms with E-state index in [2.05, 4.69) is 4.98 Å². The fourth-order valence-electron chi connectivity index (χ4n) is 1.79. The zero-order valence-electron chi connectivity index (χ0n) is 12.0. The van der Waals surface area contributed by atoms with Crippen molar-refractivity contribution in [1.82, 2.24) is 9.88 Å². The van der Waals surface area contributed by atoms with Gasteiger partial charge in [0.1, 0.15) is 10.7 Å². The number of thiazole rings is 1. The highest BCUT2D eigenvalue weighted by molar-refractivity contribution is 7.13. The van der Waals surface area contributed by atoms with Crippen molar-refractivity contribution in [3.63, 3.8) is 0 Å². The van der Waals surface area contributed by atoms with Gasteiger partial charge in [0.05, 0.1) is 5.92 Å². The molecular formula is C15H16N2O3S. The van der Waals surface area contributed by atoms with Crippen LogP contribution in [0.3, 0.4) is 0 Å². The van der Waals surface area contributed by atoms with Crippen molar-refractivity contribution in [3.05, 3.63) is 40.9 Å². The lowest BCUT2D eigenvalue weighted by Crippen LogP contribution is -2.21. The van der Waals surface area contributed by atoms with Crippen molar-refractivity contribution in [1.29, 1.82) is 0 Å². The Morgan fingerprint density at radius 3 is 2.38 bits per heavy atom. The molecule has 2 rings (SSSR count). The van der Waals surface area contributed by atoms with Crippen LogP contribution < -0.4 is 0 Å². The van der Waals surface area contributed by atoms with Gasteiger partial charge in [-0.15, -0.1) is 11.3 Å². The van der Waals surface area contributed by atoms with Gasteiger partial charge >= 0.3 is 5.97 Å². The molecule has 0 radical (unpaired) electrons. The summed E-state index contributed by atoms with van der Waals surface area (Å²) in [5.74, 6) is -1.52. The van der Waals surface area contributed by atoms with E-state index >= 15 is 0 Å². The maximum absolute atomic E-state index is 11.8. The molecule has 1 aromatic carbocycles. The molecule has 0 aliphatic carbocycles. The first-order valence-corrected chi connectivity index (χ1v) is 7.28. The first-order chi connectivity index (χ1) is 9.90. The third kappa shape index (κ3) is 3.28. The lowest BCUT2D eigenvalue weighted by Gasteiger charge is -2.07. The fraction of sp³-hybridized carbons (Fsp3) is 0.267. The van der Waals surface area contributed by atoms with Gasteiger partial charge < -0.3 is 10.0 Å². The largest absolute Gasteiger partial charge is 0.481 e. The first kappa shape index (κ1) is 15.2. The van der Waals surface area contributed by atoms with Gasteiger partial charge in [-0.2, -0.15) is 0 Å². The molecule has 0 saturated carbocycles. The number of carbonyl (C=O) groups excluding carboxylic acids is 1. The zero-order chi connectivity index (χ0) is 15.6. The number of aliphatic carboxylic acids is 1. The number of rotatable bonds is 4. The summed E-state index contributed by atoms with van der Waals surface area (Å²) in [5.41, 5.74) is 2.04. The Morgan fingerprint density at radius 1 is 1.24 bits per heavy atom. The summed E-state index contributed by atoms with van der Waals surface area (Å²) in [7, 11) is 3.37. The van der Waals surface area contributed by atoms with E-state index in [1.165, 1.54) is 16.2 Å². The minimum Gasteiger partial charge on any atom is -0.481 e. The summed E-state index contributed by atoms with van der Waals surface area (Å²) in [6.45, 7) is 1.65. The maximum Gasteiger partial charge on any atom is 0.310 e. The van der Waals surface area contributed by atoms with Crippen molar-refractivity contribution in [2.75, 3.05) is 14.1 Å². The van der Waals surface area contributed by atoms with E-state index in [9.17, 15) is 9.59 Å². The molecule has 0 bridgehead atoms. The van der Waals surface area contributed by atoms with Crippen LogP contribution in [0.25, 0.3) is 10.6 Å². The average molecular weight is 304 g/mol. The average Bonchev–Trinajstić information content (AvgIpc) is 2.95. The van der Waals surface area contributed by atoms with E-state index < -0.39 is 11.9 Å². The van der Waals surface area contributed by atoms with Crippen molar-refractivity contribution in [2.45, 2.75) is 12.8 Å². The van der Waals surface area contributed by atoms with Crippen molar-refractivity contribution in [2.24, 2.45) is 0 Å². The quantitative estimate of drug-likeness (QED) is 0.942. The Kier molecular flexibility index (Phi) is 4.37. The molecule has 21 heavy (non-hydrogen) atoms. The number of carboxylic acid groups (broad SMARTS) is 1. The molecule has 0 aliphatic rings. The lowest BCUT2D eigenvalue weighted by molar-refractivity contribution is -0.138. The molecule has 1 unspecified atom stereocenters. The predicted octanol–water partition coefficient (Wildman–Crippen LogP) is 2.70. The maximum atomic E-state index is 11.8. The highest BCUT2D eigenvalue weighted by Gasteiger charge is 2.15. The Hall–Kier alpha value is -2.21. The minimum atomic E-state index is -0.851. The molecule has 110 valence electrons. The number of nitrogens with zero attached hydrogens (tertiary/aromatic N) is 2. The van der Waals surface area contributed by atoms with Crippen LogP contribution in [-0.4, -0.2) is 41.0 Å². The molecule has 6 heteroatoms. The number of carboxylic acids is 1. The number of hydrogen-bond acceptors (Lipinski definition) is 4. The topological polar surface area (TPSA) is 70.5 Å². The van der Waals surface area contributed by atoms with Crippen LogP contribution in [0, 0.1) is 0 Å². The van der Waals surface area contributed by atoms with Gasteiger partial charge in [-0.05, 0) is 12.5 Å². The van der Waals surface area contributed by atoms with Crippen LogP contribution in [-0.2, 0) is 4.79 Å². The molecule has 1 atom stereocenters. The normalized spacial score (nSPS) is 12.0. The summed E-state index contributed by atoms with van der Waals surface area (Å²) in [4.78, 5) is 28.6. The molecule has 0 fully saturated rings. The van der Waals surface area contributed by atoms with Crippen LogP contribution >= 0.6 is 11.3 Å². The summed E-state index contributed by atoms with van der Waals surface area (Å²) in [5, 5.41) is 11.5. The van der Waals surface area contributed by atoms with Crippen LogP contribution in [0.15, 0.2) is 29.6 Å². The third-order valence-electron chi connectivity index (χ3n) is 3.16. The SMILES string of the molecule is CC(C(=O)O)c1ccc(-c2nc(C(=O)N(C)C)cs2)cc1. The van der Waals surface area contributed by atoms with Crippen molar-refractivity contribution >= 4 is 23.2 Å². The highest BCUT2D eigenvalue weighted by Crippen LogP contribution is 2.26. The van der Waals surface area contributed by atoms with E-state index in [0.29, 0.717) is 5.69 Å². The predicted molar refractivity (Wildman–Crippen MR) is 81.6 cm³/mol. The van der Waals surface area contributed by atoms with E-state index in [1.807, 2.05) is 12.1 Å². The van der Waals surface area contributed by atoms with Crippen LogP contribution in [0.5, 0.6) is 0 Å². The second kappa shape index (κ2) is 6.05. The summed E-state index contributed by atoms with van der Waals surface area (Å²) in [6, 6.07) is 7.22. The Morgan fingerprint density at radius 2 is 1.86 bits per heavy atom. The van der Waals surface area contributed by atoms with Gasteiger partial charge in [-0.25, -0.2) is 4.98 Å². The smallest absolute Gasteiger partial charge is 0.310 e. The molecular weight excluding hydrogens is 288 g/mol. The van der Waals surface area contributed by atoms with E-state index in [4.69, 9.17) is 5.11 Å². The molecule has 1 N–H and O–H groups in total. The van der Waals surface area contributed by atoms with Gasteiger partial charge in [0.25, 0.3) is 5.91 Å². The van der Waals surface area contributed by atoms with Gasteiger partial charge in [-0.3, -0.25) is 9.59 Å². The molecule has 5 nitrogen and oxygen atoms in total. The molecule has 1 aromatic heterocycles. The van der Waals surface area contributed by atoms with Crippen molar-refractivity contribution in [3.8, 4) is 10.6 Å². The Labute approximate surface area is 126 Å². The monoisotopic (exact) mass is 304 g/mol. The first-order valence-electron chi connectivity index (χ1n) is 6.40. The molecule has 1 heterocycles. The highest BCUT2D eigenvalue weighted by atomic mass is 32.1. The minimum absolute atomic E-state index is 0.131. The number of benzene rings is 1. The van der Waals surface area contributed by atoms with Gasteiger partial charge in [0.15, 0.2) is 0 Å². The molecule has 1 amide bonds. The van der Waals surface area contributed by atoms with Crippen molar-refractivity contribution < 1.29 is 14.7 Å². The van der Waals surface area contributed by atoms with Crippen LogP contribution in [0.4, 0.5) is 0 Å². The number of hydrogen-bond donors (Lipinski definition) is 1. The van der Waals surface area contributed by atoms with E-state index in [-0.39, 0.29) is 5.91 Å². The summed E-state index contributed by atoms with van der Waals surface area (Å²) >= 11 is 1.39. The molecule has 0 aliphatic heterocycles. The summed E-state index contributed by atoms with van der Waals surface area (Å²) < 4.78 is 0. The molecule has 0 saturated heterocycles.